The van der Waals surface area contributed by atoms with Gasteiger partial charge in [-0.05, 0) is 44.9 Å². The van der Waals surface area contributed by atoms with E-state index in [2.05, 4.69) is 10.6 Å². The van der Waals surface area contributed by atoms with Crippen LogP contribution < -0.4 is 10.6 Å². The molecule has 1 aromatic rings. The Morgan fingerprint density at radius 3 is 2.48 bits per heavy atom. The summed E-state index contributed by atoms with van der Waals surface area (Å²) in [5.74, 6) is -0.404. The fourth-order valence-corrected chi connectivity index (χ4v) is 2.77. The number of alkyl halides is 2. The molecule has 2 N–H and O–H groups in total. The number of benzene rings is 1. The first-order valence-corrected chi connectivity index (χ1v) is 7.55. The standard InChI is InChI=1S/C15H18Cl2N2O2/c1-4-18-12(20)10-6-5-9(2)11(7-10)19-13(21)14(3)8-15(14,16)17/h5-7H,4,8H2,1-3H3,(H,18,20)(H,19,21). The Hall–Kier alpha value is -1.26. The molecule has 1 unspecified atom stereocenters. The van der Waals surface area contributed by atoms with Crippen molar-refractivity contribution in [3.63, 3.8) is 0 Å². The molecule has 1 atom stereocenters. The monoisotopic (exact) mass is 328 g/mol. The van der Waals surface area contributed by atoms with Crippen molar-refractivity contribution in [1.82, 2.24) is 5.32 Å². The zero-order chi connectivity index (χ0) is 15.8. The summed E-state index contributed by atoms with van der Waals surface area (Å²) >= 11 is 12.0. The molecule has 1 aromatic carbocycles. The normalized spacial score (nSPS) is 22.5. The zero-order valence-corrected chi connectivity index (χ0v) is 13.7. The second kappa shape index (κ2) is 5.50. The van der Waals surface area contributed by atoms with E-state index in [-0.39, 0.29) is 11.8 Å². The highest BCUT2D eigenvalue weighted by Gasteiger charge is 2.67. The minimum absolute atomic E-state index is 0.172. The molecule has 0 aromatic heterocycles. The Balaban J connectivity index is 2.19. The van der Waals surface area contributed by atoms with Gasteiger partial charge in [-0.2, -0.15) is 0 Å². The number of hydrogen-bond donors (Lipinski definition) is 2. The summed E-state index contributed by atoms with van der Waals surface area (Å²) in [6.07, 6.45) is 0.421. The zero-order valence-electron chi connectivity index (χ0n) is 12.2. The number of carbonyl (C=O) groups excluding carboxylic acids is 2. The molecule has 0 radical (unpaired) electrons. The molecule has 1 fully saturated rings. The highest BCUT2D eigenvalue weighted by atomic mass is 35.5. The summed E-state index contributed by atoms with van der Waals surface area (Å²) in [6.45, 7) is 5.99. The molecular weight excluding hydrogens is 311 g/mol. The van der Waals surface area contributed by atoms with Crippen molar-refractivity contribution in [3.8, 4) is 0 Å². The van der Waals surface area contributed by atoms with Gasteiger partial charge in [-0.3, -0.25) is 9.59 Å². The van der Waals surface area contributed by atoms with E-state index in [1.807, 2.05) is 13.8 Å². The molecule has 21 heavy (non-hydrogen) atoms. The molecule has 2 amide bonds. The first kappa shape index (κ1) is 16.1. The summed E-state index contributed by atoms with van der Waals surface area (Å²) in [6, 6.07) is 5.18. The molecular formula is C15H18Cl2N2O2. The fraction of sp³-hybridized carbons (Fsp3) is 0.467. The maximum Gasteiger partial charge on any atom is 0.251 e. The van der Waals surface area contributed by atoms with Crippen molar-refractivity contribution in [2.24, 2.45) is 5.41 Å². The minimum atomic E-state index is -1.01. The quantitative estimate of drug-likeness (QED) is 0.833. The smallest absolute Gasteiger partial charge is 0.251 e. The number of rotatable bonds is 4. The van der Waals surface area contributed by atoms with Crippen molar-refractivity contribution in [3.05, 3.63) is 29.3 Å². The molecule has 0 bridgehead atoms. The van der Waals surface area contributed by atoms with Crippen LogP contribution in [0.5, 0.6) is 0 Å². The van der Waals surface area contributed by atoms with Crippen LogP contribution in [0.25, 0.3) is 0 Å². The summed E-state index contributed by atoms with van der Waals surface area (Å²) < 4.78 is -1.01. The van der Waals surface area contributed by atoms with Crippen LogP contribution in [0.15, 0.2) is 18.2 Å². The van der Waals surface area contributed by atoms with Gasteiger partial charge in [0.15, 0.2) is 0 Å². The van der Waals surface area contributed by atoms with Crippen LogP contribution in [0.1, 0.15) is 36.2 Å². The van der Waals surface area contributed by atoms with Crippen molar-refractivity contribution in [2.75, 3.05) is 11.9 Å². The molecule has 1 aliphatic rings. The van der Waals surface area contributed by atoms with E-state index in [0.717, 1.165) is 5.56 Å². The van der Waals surface area contributed by atoms with Crippen LogP contribution in [-0.2, 0) is 4.79 Å². The SMILES string of the molecule is CCNC(=O)c1ccc(C)c(NC(=O)C2(C)CC2(Cl)Cl)c1. The van der Waals surface area contributed by atoms with Crippen molar-refractivity contribution in [2.45, 2.75) is 31.5 Å². The molecule has 0 aliphatic heterocycles. The minimum Gasteiger partial charge on any atom is -0.352 e. The van der Waals surface area contributed by atoms with Gasteiger partial charge in [0.2, 0.25) is 5.91 Å². The number of hydrogen-bond acceptors (Lipinski definition) is 2. The number of amides is 2. The summed E-state index contributed by atoms with van der Waals surface area (Å²) in [7, 11) is 0. The number of anilines is 1. The van der Waals surface area contributed by atoms with Crippen LogP contribution >= 0.6 is 23.2 Å². The molecule has 0 heterocycles. The first-order valence-electron chi connectivity index (χ1n) is 6.79. The Morgan fingerprint density at radius 2 is 1.95 bits per heavy atom. The van der Waals surface area contributed by atoms with E-state index in [4.69, 9.17) is 23.2 Å². The fourth-order valence-electron chi connectivity index (χ4n) is 2.07. The third kappa shape index (κ3) is 3.01. The second-order valence-electron chi connectivity index (χ2n) is 5.56. The van der Waals surface area contributed by atoms with Gasteiger partial charge < -0.3 is 10.6 Å². The molecule has 1 saturated carbocycles. The predicted molar refractivity (Wildman–Crippen MR) is 85.0 cm³/mol. The largest absolute Gasteiger partial charge is 0.352 e. The van der Waals surface area contributed by atoms with Gasteiger partial charge in [0, 0.05) is 17.8 Å². The molecule has 4 nitrogen and oxygen atoms in total. The van der Waals surface area contributed by atoms with Crippen LogP contribution in [0.4, 0.5) is 5.69 Å². The van der Waals surface area contributed by atoms with Gasteiger partial charge in [-0.1, -0.05) is 6.07 Å². The van der Waals surface area contributed by atoms with Gasteiger partial charge in [0.1, 0.15) is 4.33 Å². The molecule has 114 valence electrons. The van der Waals surface area contributed by atoms with Crippen molar-refractivity contribution >= 4 is 40.7 Å². The topological polar surface area (TPSA) is 58.2 Å². The van der Waals surface area contributed by atoms with E-state index in [0.29, 0.717) is 24.2 Å². The van der Waals surface area contributed by atoms with Gasteiger partial charge >= 0.3 is 0 Å². The van der Waals surface area contributed by atoms with E-state index < -0.39 is 9.75 Å². The van der Waals surface area contributed by atoms with Crippen LogP contribution in [0.2, 0.25) is 0 Å². The van der Waals surface area contributed by atoms with E-state index in [1.54, 1.807) is 25.1 Å². The van der Waals surface area contributed by atoms with E-state index in [9.17, 15) is 9.59 Å². The lowest BCUT2D eigenvalue weighted by Gasteiger charge is -2.15. The third-order valence-electron chi connectivity index (χ3n) is 3.84. The van der Waals surface area contributed by atoms with Gasteiger partial charge in [0.25, 0.3) is 5.91 Å². The Morgan fingerprint density at radius 1 is 1.33 bits per heavy atom. The van der Waals surface area contributed by atoms with Crippen LogP contribution in [-0.4, -0.2) is 22.7 Å². The number of carbonyl (C=O) groups is 2. The van der Waals surface area contributed by atoms with Gasteiger partial charge in [-0.15, -0.1) is 23.2 Å². The highest BCUT2D eigenvalue weighted by molar-refractivity contribution is 6.53. The maximum atomic E-state index is 12.3. The van der Waals surface area contributed by atoms with Crippen molar-refractivity contribution < 1.29 is 9.59 Å². The summed E-state index contributed by atoms with van der Waals surface area (Å²) in [5, 5.41) is 5.54. The van der Waals surface area contributed by atoms with Crippen LogP contribution in [0, 0.1) is 12.3 Å². The van der Waals surface area contributed by atoms with Crippen LogP contribution in [0.3, 0.4) is 0 Å². The highest BCUT2D eigenvalue weighted by Crippen LogP contribution is 2.64. The average molecular weight is 329 g/mol. The van der Waals surface area contributed by atoms with Gasteiger partial charge in [0.05, 0.1) is 5.41 Å². The third-order valence-corrected chi connectivity index (χ3v) is 4.95. The average Bonchev–Trinajstić information content (AvgIpc) is 2.93. The van der Waals surface area contributed by atoms with E-state index in [1.165, 1.54) is 0 Å². The number of nitrogens with one attached hydrogen (secondary N) is 2. The lowest BCUT2D eigenvalue weighted by molar-refractivity contribution is -0.120. The summed E-state index contributed by atoms with van der Waals surface area (Å²) in [5.41, 5.74) is 1.18. The van der Waals surface area contributed by atoms with E-state index >= 15 is 0 Å². The first-order chi connectivity index (χ1) is 9.71. The maximum absolute atomic E-state index is 12.3. The Bertz CT molecular complexity index is 601. The Kier molecular flexibility index (Phi) is 4.22. The lowest BCUT2D eigenvalue weighted by atomic mass is 10.1. The summed E-state index contributed by atoms with van der Waals surface area (Å²) in [4.78, 5) is 24.1. The number of aryl methyl sites for hydroxylation is 1. The second-order valence-corrected chi connectivity index (χ2v) is 7.04. The Labute approximate surface area is 134 Å². The van der Waals surface area contributed by atoms with Crippen molar-refractivity contribution in [1.29, 1.82) is 0 Å². The molecule has 1 aliphatic carbocycles. The predicted octanol–water partition coefficient (Wildman–Crippen LogP) is 3.27. The molecule has 2 rings (SSSR count). The van der Waals surface area contributed by atoms with Gasteiger partial charge in [-0.25, -0.2) is 0 Å². The molecule has 0 spiro atoms. The molecule has 0 saturated heterocycles. The number of halogens is 2. The lowest BCUT2D eigenvalue weighted by Crippen LogP contribution is -2.27. The molecule has 6 heteroatoms.